The van der Waals surface area contributed by atoms with Crippen LogP contribution in [-0.2, 0) is 16.1 Å². The van der Waals surface area contributed by atoms with Crippen LogP contribution in [0.1, 0.15) is 25.3 Å². The number of hydrogen-bond donors (Lipinski definition) is 2. The highest BCUT2D eigenvalue weighted by Crippen LogP contribution is 2.23. The van der Waals surface area contributed by atoms with E-state index in [9.17, 15) is 14.9 Å². The van der Waals surface area contributed by atoms with Crippen LogP contribution in [0.2, 0.25) is 0 Å². The Bertz CT molecular complexity index is 831. The van der Waals surface area contributed by atoms with Crippen LogP contribution in [0.5, 0.6) is 0 Å². The van der Waals surface area contributed by atoms with E-state index in [1.807, 2.05) is 25.1 Å². The number of nitrogens with one attached hydrogen (secondary N) is 2. The molecule has 3 rings (SSSR count). The third-order valence-electron chi connectivity index (χ3n) is 5.64. The summed E-state index contributed by atoms with van der Waals surface area (Å²) in [6.45, 7) is 9.54. The number of nitriles is 1. The fourth-order valence-electron chi connectivity index (χ4n) is 3.97. The first-order valence-electron chi connectivity index (χ1n) is 10.7. The largest absolute Gasteiger partial charge is 0.378 e. The lowest BCUT2D eigenvalue weighted by Gasteiger charge is -2.30. The van der Waals surface area contributed by atoms with Crippen LogP contribution < -0.4 is 10.6 Å². The lowest BCUT2D eigenvalue weighted by atomic mass is 9.99. The standard InChI is InChI=1S/C23H31N5O3/c1-18(2)14-20(25-22(30)28-10-12-31-13-11-28)21(29)26-23(16-24)8-9-27(17-23)15-19-6-4-3-5-7-19/h3-7,20H,1,8-15,17H2,2H3,(H,25,30)(H,26,29). The quantitative estimate of drug-likeness (QED) is 0.648. The van der Waals surface area contributed by atoms with E-state index in [4.69, 9.17) is 4.74 Å². The molecule has 2 heterocycles. The molecule has 2 N–H and O–H groups in total. The molecular weight excluding hydrogens is 394 g/mol. The van der Waals surface area contributed by atoms with Gasteiger partial charge in [0.15, 0.2) is 0 Å². The van der Waals surface area contributed by atoms with Gasteiger partial charge in [-0.15, -0.1) is 6.58 Å². The molecule has 8 nitrogen and oxygen atoms in total. The first-order chi connectivity index (χ1) is 14.9. The molecule has 2 saturated heterocycles. The van der Waals surface area contributed by atoms with Gasteiger partial charge in [0.25, 0.3) is 0 Å². The molecule has 2 fully saturated rings. The van der Waals surface area contributed by atoms with E-state index in [1.54, 1.807) is 4.90 Å². The van der Waals surface area contributed by atoms with Crippen LogP contribution in [0.25, 0.3) is 0 Å². The van der Waals surface area contributed by atoms with Crippen molar-refractivity contribution < 1.29 is 14.3 Å². The van der Waals surface area contributed by atoms with Crippen LogP contribution in [-0.4, -0.2) is 72.7 Å². The lowest BCUT2D eigenvalue weighted by molar-refractivity contribution is -0.124. The van der Waals surface area contributed by atoms with Crippen molar-refractivity contribution in [1.82, 2.24) is 20.4 Å². The van der Waals surface area contributed by atoms with Crippen molar-refractivity contribution in [3.63, 3.8) is 0 Å². The van der Waals surface area contributed by atoms with Crippen LogP contribution in [0, 0.1) is 11.3 Å². The monoisotopic (exact) mass is 425 g/mol. The molecule has 3 amide bonds. The maximum absolute atomic E-state index is 13.1. The van der Waals surface area contributed by atoms with E-state index in [-0.39, 0.29) is 11.9 Å². The Kier molecular flexibility index (Phi) is 7.66. The van der Waals surface area contributed by atoms with E-state index in [0.29, 0.717) is 52.2 Å². The predicted octanol–water partition coefficient (Wildman–Crippen LogP) is 1.65. The molecule has 8 heteroatoms. The molecule has 2 aliphatic heterocycles. The van der Waals surface area contributed by atoms with Crippen molar-refractivity contribution in [3.8, 4) is 6.07 Å². The van der Waals surface area contributed by atoms with Gasteiger partial charge in [-0.1, -0.05) is 35.9 Å². The Balaban J connectivity index is 1.62. The summed E-state index contributed by atoms with van der Waals surface area (Å²) in [4.78, 5) is 29.5. The van der Waals surface area contributed by atoms with Gasteiger partial charge < -0.3 is 20.3 Å². The molecule has 0 spiro atoms. The van der Waals surface area contributed by atoms with Crippen molar-refractivity contribution in [1.29, 1.82) is 5.26 Å². The molecule has 1 aromatic carbocycles. The molecule has 0 aliphatic carbocycles. The van der Waals surface area contributed by atoms with E-state index >= 15 is 0 Å². The summed E-state index contributed by atoms with van der Waals surface area (Å²) in [6.07, 6.45) is 0.858. The number of carbonyl (C=O) groups is 2. The minimum atomic E-state index is -0.969. The fraction of sp³-hybridized carbons (Fsp3) is 0.522. The van der Waals surface area contributed by atoms with E-state index in [0.717, 1.165) is 12.1 Å². The Morgan fingerprint density at radius 2 is 1.97 bits per heavy atom. The summed E-state index contributed by atoms with van der Waals surface area (Å²) in [6, 6.07) is 11.3. The number of rotatable bonds is 7. The van der Waals surface area contributed by atoms with E-state index < -0.39 is 11.6 Å². The number of urea groups is 1. The molecule has 0 bridgehead atoms. The second-order valence-electron chi connectivity index (χ2n) is 8.39. The number of morpholine rings is 1. The summed E-state index contributed by atoms with van der Waals surface area (Å²) < 4.78 is 5.28. The maximum atomic E-state index is 13.1. The number of amides is 3. The second kappa shape index (κ2) is 10.4. The minimum Gasteiger partial charge on any atom is -0.378 e. The van der Waals surface area contributed by atoms with Crippen LogP contribution in [0.4, 0.5) is 4.79 Å². The molecule has 0 aromatic heterocycles. The molecule has 0 radical (unpaired) electrons. The second-order valence-corrected chi connectivity index (χ2v) is 8.39. The normalized spacial score (nSPS) is 22.4. The van der Waals surface area contributed by atoms with Crippen molar-refractivity contribution in [3.05, 3.63) is 48.0 Å². The average Bonchev–Trinajstić information content (AvgIpc) is 3.17. The summed E-state index contributed by atoms with van der Waals surface area (Å²) in [5.74, 6) is -0.354. The molecule has 1 aromatic rings. The Morgan fingerprint density at radius 3 is 2.61 bits per heavy atom. The average molecular weight is 426 g/mol. The highest BCUT2D eigenvalue weighted by atomic mass is 16.5. The van der Waals surface area contributed by atoms with Gasteiger partial charge in [0, 0.05) is 32.7 Å². The zero-order chi connectivity index (χ0) is 22.3. The predicted molar refractivity (Wildman–Crippen MR) is 117 cm³/mol. The number of likely N-dealkylation sites (tertiary alicyclic amines) is 1. The number of nitrogens with zero attached hydrogens (tertiary/aromatic N) is 3. The van der Waals surface area contributed by atoms with Crippen LogP contribution >= 0.6 is 0 Å². The number of carbonyl (C=O) groups excluding carboxylic acids is 2. The van der Waals surface area contributed by atoms with E-state index in [2.05, 4.69) is 40.3 Å². The zero-order valence-corrected chi connectivity index (χ0v) is 18.1. The van der Waals surface area contributed by atoms with E-state index in [1.165, 1.54) is 5.56 Å². The van der Waals surface area contributed by atoms with Gasteiger partial charge in [-0.2, -0.15) is 5.26 Å². The number of ether oxygens (including phenoxy) is 1. The highest BCUT2D eigenvalue weighted by Gasteiger charge is 2.41. The maximum Gasteiger partial charge on any atom is 0.318 e. The summed E-state index contributed by atoms with van der Waals surface area (Å²) >= 11 is 0. The molecule has 2 atom stereocenters. The topological polar surface area (TPSA) is 97.7 Å². The molecule has 166 valence electrons. The van der Waals surface area contributed by atoms with Crippen molar-refractivity contribution >= 4 is 11.9 Å². The Hall–Kier alpha value is -2.89. The third-order valence-corrected chi connectivity index (χ3v) is 5.64. The molecular formula is C23H31N5O3. The van der Waals surface area contributed by atoms with Crippen molar-refractivity contribution in [2.45, 2.75) is 37.9 Å². The van der Waals surface area contributed by atoms with Crippen molar-refractivity contribution in [2.24, 2.45) is 0 Å². The third kappa shape index (κ3) is 6.29. The molecule has 2 aliphatic rings. The molecule has 2 unspecified atom stereocenters. The smallest absolute Gasteiger partial charge is 0.318 e. The van der Waals surface area contributed by atoms with Gasteiger partial charge in [0.05, 0.1) is 19.3 Å². The van der Waals surface area contributed by atoms with Gasteiger partial charge in [-0.25, -0.2) is 4.79 Å². The summed E-state index contributed by atoms with van der Waals surface area (Å²) in [7, 11) is 0. The Morgan fingerprint density at radius 1 is 1.26 bits per heavy atom. The number of benzene rings is 1. The Labute approximate surface area is 183 Å². The summed E-state index contributed by atoms with van der Waals surface area (Å²) in [5, 5.41) is 15.6. The molecule has 31 heavy (non-hydrogen) atoms. The van der Waals surface area contributed by atoms with Gasteiger partial charge in [0.2, 0.25) is 5.91 Å². The first-order valence-corrected chi connectivity index (χ1v) is 10.7. The lowest BCUT2D eigenvalue weighted by Crippen LogP contribution is -2.58. The van der Waals surface area contributed by atoms with Crippen molar-refractivity contribution in [2.75, 3.05) is 39.4 Å². The zero-order valence-electron chi connectivity index (χ0n) is 18.1. The first kappa shape index (κ1) is 22.8. The van der Waals surface area contributed by atoms with Gasteiger partial charge in [0.1, 0.15) is 11.6 Å². The van der Waals surface area contributed by atoms with Gasteiger partial charge >= 0.3 is 6.03 Å². The van der Waals surface area contributed by atoms with Crippen LogP contribution in [0.15, 0.2) is 42.5 Å². The molecule has 0 saturated carbocycles. The number of hydrogen-bond acceptors (Lipinski definition) is 5. The van der Waals surface area contributed by atoms with Gasteiger partial charge in [-0.3, -0.25) is 9.69 Å². The SMILES string of the molecule is C=C(C)CC(NC(=O)N1CCOCC1)C(=O)NC1(C#N)CCN(Cc2ccccc2)C1. The highest BCUT2D eigenvalue weighted by molar-refractivity contribution is 5.88. The van der Waals surface area contributed by atoms with Crippen LogP contribution in [0.3, 0.4) is 0 Å². The summed E-state index contributed by atoms with van der Waals surface area (Å²) in [5.41, 5.74) is 0.981. The minimum absolute atomic E-state index is 0.298. The van der Waals surface area contributed by atoms with Gasteiger partial charge in [-0.05, 0) is 25.3 Å². The fourth-order valence-corrected chi connectivity index (χ4v) is 3.97.